The summed E-state index contributed by atoms with van der Waals surface area (Å²) in [5.41, 5.74) is 0. The van der Waals surface area contributed by atoms with E-state index in [1.165, 1.54) is 19.3 Å². The minimum absolute atomic E-state index is 0.0187. The van der Waals surface area contributed by atoms with Gasteiger partial charge in [-0.3, -0.25) is 0 Å². The van der Waals surface area contributed by atoms with Crippen LogP contribution in [0.3, 0.4) is 0 Å². The molecule has 0 spiro atoms. The van der Waals surface area contributed by atoms with Crippen LogP contribution >= 0.6 is 0 Å². The molecule has 0 N–H and O–H groups in total. The van der Waals surface area contributed by atoms with Crippen molar-refractivity contribution in [1.82, 2.24) is 0 Å². The molecule has 21 heavy (non-hydrogen) atoms. The quantitative estimate of drug-likeness (QED) is 0.544. The average molecular weight is 312 g/mol. The third kappa shape index (κ3) is 3.70. The highest BCUT2D eigenvalue weighted by molar-refractivity contribution is 4.89. The van der Waals surface area contributed by atoms with Crippen molar-refractivity contribution in [3.05, 3.63) is 0 Å². The molecule has 0 bridgehead atoms. The van der Waals surface area contributed by atoms with E-state index in [0.29, 0.717) is 24.7 Å². The first-order chi connectivity index (χ1) is 9.75. The fourth-order valence-corrected chi connectivity index (χ4v) is 4.25. The van der Waals surface area contributed by atoms with Crippen LogP contribution in [0, 0.1) is 23.7 Å². The molecule has 0 aliphatic heterocycles. The van der Waals surface area contributed by atoms with Crippen molar-refractivity contribution in [2.45, 2.75) is 76.8 Å². The second-order valence-electron chi connectivity index (χ2n) is 6.92. The Balaban J connectivity index is 1.84. The first-order valence-electron chi connectivity index (χ1n) is 8.20. The van der Waals surface area contributed by atoms with Crippen molar-refractivity contribution in [3.8, 4) is 0 Å². The van der Waals surface area contributed by atoms with Gasteiger partial charge in [0.2, 0.25) is 0 Å². The molecule has 5 heteroatoms. The maximum Gasteiger partial charge on any atom is 0.453 e. The zero-order chi connectivity index (χ0) is 15.7. The summed E-state index contributed by atoms with van der Waals surface area (Å²) >= 11 is 0. The fourth-order valence-electron chi connectivity index (χ4n) is 4.25. The second-order valence-corrected chi connectivity index (χ2v) is 6.92. The lowest BCUT2D eigenvalue weighted by atomic mass is 9.68. The van der Waals surface area contributed by atoms with Crippen molar-refractivity contribution < 1.29 is 22.0 Å². The van der Waals surface area contributed by atoms with E-state index in [1.54, 1.807) is 0 Å². The molecule has 0 nitrogen and oxygen atoms in total. The summed E-state index contributed by atoms with van der Waals surface area (Å²) in [6, 6.07) is 0. The van der Waals surface area contributed by atoms with Crippen LogP contribution in [0.15, 0.2) is 0 Å². The van der Waals surface area contributed by atoms with E-state index in [0.717, 1.165) is 18.8 Å². The van der Waals surface area contributed by atoms with Crippen LogP contribution in [-0.2, 0) is 0 Å². The van der Waals surface area contributed by atoms with Gasteiger partial charge in [0.25, 0.3) is 0 Å². The van der Waals surface area contributed by atoms with Gasteiger partial charge in [-0.2, -0.15) is 22.0 Å². The zero-order valence-corrected chi connectivity index (χ0v) is 12.6. The predicted molar refractivity (Wildman–Crippen MR) is 72.2 cm³/mol. The van der Waals surface area contributed by atoms with Gasteiger partial charge in [-0.25, -0.2) is 0 Å². The first kappa shape index (κ1) is 17.0. The number of alkyl halides is 5. The lowest BCUT2D eigenvalue weighted by Gasteiger charge is -2.39. The largest absolute Gasteiger partial charge is 0.453 e. The molecule has 124 valence electrons. The van der Waals surface area contributed by atoms with Crippen LogP contribution in [-0.4, -0.2) is 12.1 Å². The Morgan fingerprint density at radius 1 is 0.714 bits per heavy atom. The van der Waals surface area contributed by atoms with Gasteiger partial charge in [-0.05, 0) is 56.3 Å². The third-order valence-electron chi connectivity index (χ3n) is 5.80. The standard InChI is InChI=1S/C16H25F5/c1-2-11-3-5-12(6-4-11)13-7-9-14(10-8-13)15(17,18)16(19,20)21/h11-14H,2-10H2,1H3. The molecule has 0 aromatic heterocycles. The molecule has 0 heterocycles. The van der Waals surface area contributed by atoms with Gasteiger partial charge in [0, 0.05) is 5.92 Å². The molecular formula is C16H25F5. The van der Waals surface area contributed by atoms with E-state index in [2.05, 4.69) is 6.92 Å². The summed E-state index contributed by atoms with van der Waals surface area (Å²) < 4.78 is 63.9. The Bertz CT molecular complexity index is 320. The lowest BCUT2D eigenvalue weighted by molar-refractivity contribution is -0.306. The van der Waals surface area contributed by atoms with Crippen molar-refractivity contribution in [3.63, 3.8) is 0 Å². The Kier molecular flexibility index (Phi) is 5.19. The highest BCUT2D eigenvalue weighted by atomic mass is 19.4. The minimum atomic E-state index is -5.40. The Hall–Kier alpha value is -0.350. The highest BCUT2D eigenvalue weighted by Gasteiger charge is 2.62. The van der Waals surface area contributed by atoms with Crippen molar-refractivity contribution in [2.24, 2.45) is 23.7 Å². The summed E-state index contributed by atoms with van der Waals surface area (Å²) in [6.07, 6.45) is 1.55. The summed E-state index contributed by atoms with van der Waals surface area (Å²) in [5, 5.41) is 0. The molecule has 2 rings (SSSR count). The molecule has 0 saturated heterocycles. The van der Waals surface area contributed by atoms with Crippen LogP contribution in [0.25, 0.3) is 0 Å². The van der Waals surface area contributed by atoms with E-state index in [1.807, 2.05) is 0 Å². The van der Waals surface area contributed by atoms with Crippen molar-refractivity contribution in [1.29, 1.82) is 0 Å². The van der Waals surface area contributed by atoms with Gasteiger partial charge < -0.3 is 0 Å². The molecular weight excluding hydrogens is 287 g/mol. The maximum atomic E-state index is 13.4. The van der Waals surface area contributed by atoms with Gasteiger partial charge in [0.1, 0.15) is 0 Å². The molecule has 2 fully saturated rings. The maximum absolute atomic E-state index is 13.4. The number of hydrogen-bond donors (Lipinski definition) is 0. The minimum Gasteiger partial charge on any atom is -0.196 e. The van der Waals surface area contributed by atoms with Gasteiger partial charge in [0.05, 0.1) is 0 Å². The Morgan fingerprint density at radius 2 is 1.14 bits per heavy atom. The van der Waals surface area contributed by atoms with Crippen LogP contribution in [0.4, 0.5) is 22.0 Å². The summed E-state index contributed by atoms with van der Waals surface area (Å²) in [4.78, 5) is 0. The van der Waals surface area contributed by atoms with E-state index in [-0.39, 0.29) is 12.8 Å². The predicted octanol–water partition coefficient (Wildman–Crippen LogP) is 6.21. The molecule has 2 aliphatic carbocycles. The van der Waals surface area contributed by atoms with Gasteiger partial charge >= 0.3 is 12.1 Å². The van der Waals surface area contributed by atoms with E-state index >= 15 is 0 Å². The van der Waals surface area contributed by atoms with Crippen molar-refractivity contribution in [2.75, 3.05) is 0 Å². The van der Waals surface area contributed by atoms with Crippen LogP contribution in [0.2, 0.25) is 0 Å². The van der Waals surface area contributed by atoms with E-state index in [4.69, 9.17) is 0 Å². The topological polar surface area (TPSA) is 0 Å². The smallest absolute Gasteiger partial charge is 0.196 e. The number of halogens is 5. The number of rotatable bonds is 3. The number of hydrogen-bond acceptors (Lipinski definition) is 0. The molecule has 0 aromatic carbocycles. The van der Waals surface area contributed by atoms with Crippen LogP contribution < -0.4 is 0 Å². The lowest BCUT2D eigenvalue weighted by Crippen LogP contribution is -2.45. The normalized spacial score (nSPS) is 35.7. The molecule has 0 aromatic rings. The first-order valence-corrected chi connectivity index (χ1v) is 8.20. The van der Waals surface area contributed by atoms with Crippen LogP contribution in [0.5, 0.6) is 0 Å². The molecule has 2 saturated carbocycles. The van der Waals surface area contributed by atoms with Gasteiger partial charge in [-0.15, -0.1) is 0 Å². The van der Waals surface area contributed by atoms with E-state index in [9.17, 15) is 22.0 Å². The van der Waals surface area contributed by atoms with Crippen LogP contribution in [0.1, 0.15) is 64.7 Å². The SMILES string of the molecule is CCC1CCC(C2CCC(C(F)(F)C(F)(F)F)CC2)CC1. The fraction of sp³-hybridized carbons (Fsp3) is 1.00. The second kappa shape index (κ2) is 6.41. The van der Waals surface area contributed by atoms with E-state index < -0.39 is 18.0 Å². The average Bonchev–Trinajstić information content (AvgIpc) is 2.46. The summed E-state index contributed by atoms with van der Waals surface area (Å²) in [6.45, 7) is 2.19. The molecule has 0 atom stereocenters. The Morgan fingerprint density at radius 3 is 1.52 bits per heavy atom. The van der Waals surface area contributed by atoms with Crippen molar-refractivity contribution >= 4 is 0 Å². The third-order valence-corrected chi connectivity index (χ3v) is 5.80. The van der Waals surface area contributed by atoms with Gasteiger partial charge in [-0.1, -0.05) is 26.2 Å². The molecule has 0 unspecified atom stereocenters. The summed E-state index contributed by atoms with van der Waals surface area (Å²) in [5.74, 6) is -4.33. The van der Waals surface area contributed by atoms with Gasteiger partial charge in [0.15, 0.2) is 0 Å². The molecule has 0 radical (unpaired) electrons. The Labute approximate surface area is 123 Å². The molecule has 0 amide bonds. The summed E-state index contributed by atoms with van der Waals surface area (Å²) in [7, 11) is 0. The monoisotopic (exact) mass is 312 g/mol. The highest BCUT2D eigenvalue weighted by Crippen LogP contribution is 2.50. The molecule has 2 aliphatic rings. The zero-order valence-electron chi connectivity index (χ0n) is 12.6.